The Kier molecular flexibility index (Phi) is 3.96. The van der Waals surface area contributed by atoms with Gasteiger partial charge in [0.15, 0.2) is 0 Å². The molecule has 1 atom stereocenters. The zero-order valence-electron chi connectivity index (χ0n) is 11.1. The van der Waals surface area contributed by atoms with E-state index in [4.69, 9.17) is 4.74 Å². The van der Waals surface area contributed by atoms with Crippen LogP contribution in [0.15, 0.2) is 22.7 Å². The van der Waals surface area contributed by atoms with E-state index in [2.05, 4.69) is 20.8 Å². The van der Waals surface area contributed by atoms with Gasteiger partial charge in [-0.1, -0.05) is 0 Å². The number of hydrogen-bond acceptors (Lipinski definition) is 4. The van der Waals surface area contributed by atoms with Gasteiger partial charge in [-0.05, 0) is 34.1 Å². The van der Waals surface area contributed by atoms with Crippen molar-refractivity contribution >= 4 is 21.8 Å². The number of morpholine rings is 1. The lowest BCUT2D eigenvalue weighted by molar-refractivity contribution is -0.0395. The van der Waals surface area contributed by atoms with Crippen LogP contribution in [0.4, 0.5) is 0 Å². The predicted molar refractivity (Wildman–Crippen MR) is 77.9 cm³/mol. The van der Waals surface area contributed by atoms with Gasteiger partial charge in [0.25, 0.3) is 5.91 Å². The van der Waals surface area contributed by atoms with Crippen LogP contribution < -0.4 is 0 Å². The second kappa shape index (κ2) is 5.71. The fraction of sp³-hybridized carbons (Fsp3) is 0.500. The molecule has 1 aromatic carbocycles. The molecule has 0 aromatic heterocycles. The first-order chi connectivity index (χ1) is 9.65. The van der Waals surface area contributed by atoms with Crippen LogP contribution in [-0.2, 0) is 4.74 Å². The number of carbonyl (C=O) groups excluding carboxylic acids is 1. The van der Waals surface area contributed by atoms with Gasteiger partial charge in [-0.25, -0.2) is 0 Å². The van der Waals surface area contributed by atoms with Gasteiger partial charge in [-0.15, -0.1) is 0 Å². The number of phenols is 1. The van der Waals surface area contributed by atoms with Crippen molar-refractivity contribution in [3.63, 3.8) is 0 Å². The number of ether oxygens (including phenoxy) is 1. The van der Waals surface area contributed by atoms with Gasteiger partial charge >= 0.3 is 0 Å². The summed E-state index contributed by atoms with van der Waals surface area (Å²) in [5, 5.41) is 9.69. The largest absolute Gasteiger partial charge is 0.507 e. The molecule has 2 aliphatic heterocycles. The number of nitrogens with zero attached hydrogens (tertiary/aromatic N) is 2. The molecule has 5 nitrogen and oxygen atoms in total. The Morgan fingerprint density at radius 3 is 3.00 bits per heavy atom. The second-order valence-corrected chi connectivity index (χ2v) is 6.04. The summed E-state index contributed by atoms with van der Waals surface area (Å²) < 4.78 is 6.08. The van der Waals surface area contributed by atoms with E-state index in [1.807, 2.05) is 4.90 Å². The standard InChI is InChI=1S/C14H17BrN2O3/c15-12-2-1-10(7-13(12)18)14(19)17-4-3-16-5-6-20-9-11(16)8-17/h1-2,7,11,18H,3-6,8-9H2. The van der Waals surface area contributed by atoms with E-state index in [-0.39, 0.29) is 11.7 Å². The first-order valence-corrected chi connectivity index (χ1v) is 7.54. The number of halogens is 1. The van der Waals surface area contributed by atoms with Crippen LogP contribution in [0.1, 0.15) is 10.4 Å². The minimum atomic E-state index is -0.0296. The smallest absolute Gasteiger partial charge is 0.254 e. The molecule has 2 fully saturated rings. The first kappa shape index (κ1) is 13.9. The maximum absolute atomic E-state index is 12.5. The van der Waals surface area contributed by atoms with Gasteiger partial charge in [0, 0.05) is 31.7 Å². The van der Waals surface area contributed by atoms with Crippen LogP contribution in [0.2, 0.25) is 0 Å². The highest BCUT2D eigenvalue weighted by Gasteiger charge is 2.32. The molecule has 0 bridgehead atoms. The Morgan fingerprint density at radius 1 is 1.35 bits per heavy atom. The molecule has 6 heteroatoms. The van der Waals surface area contributed by atoms with E-state index < -0.39 is 0 Å². The number of fused-ring (bicyclic) bond motifs is 1. The number of amides is 1. The van der Waals surface area contributed by atoms with Crippen molar-refractivity contribution in [2.24, 2.45) is 0 Å². The molecular formula is C14H17BrN2O3. The van der Waals surface area contributed by atoms with Gasteiger partial charge in [-0.3, -0.25) is 9.69 Å². The molecule has 1 N–H and O–H groups in total. The number of rotatable bonds is 1. The summed E-state index contributed by atoms with van der Waals surface area (Å²) in [6.07, 6.45) is 0. The van der Waals surface area contributed by atoms with Crippen molar-refractivity contribution in [3.8, 4) is 5.75 Å². The van der Waals surface area contributed by atoms with Crippen LogP contribution in [0.3, 0.4) is 0 Å². The molecule has 1 amide bonds. The summed E-state index contributed by atoms with van der Waals surface area (Å²) in [4.78, 5) is 16.7. The van der Waals surface area contributed by atoms with Crippen molar-refractivity contribution < 1.29 is 14.6 Å². The zero-order valence-corrected chi connectivity index (χ0v) is 12.7. The molecule has 0 radical (unpaired) electrons. The number of phenolic OH excluding ortho intramolecular Hbond substituents is 1. The lowest BCUT2D eigenvalue weighted by Crippen LogP contribution is -2.59. The van der Waals surface area contributed by atoms with Crippen molar-refractivity contribution in [2.75, 3.05) is 39.4 Å². The third-order valence-electron chi connectivity index (χ3n) is 3.92. The van der Waals surface area contributed by atoms with Crippen molar-refractivity contribution in [3.05, 3.63) is 28.2 Å². The summed E-state index contributed by atoms with van der Waals surface area (Å²) in [5.41, 5.74) is 0.524. The third-order valence-corrected chi connectivity index (χ3v) is 4.59. The summed E-state index contributed by atoms with van der Waals surface area (Å²) in [7, 11) is 0. The third kappa shape index (κ3) is 2.68. The Bertz CT molecular complexity index is 523. The highest BCUT2D eigenvalue weighted by atomic mass is 79.9. The molecule has 2 aliphatic rings. The average Bonchev–Trinajstić information content (AvgIpc) is 2.49. The van der Waals surface area contributed by atoms with Gasteiger partial charge in [-0.2, -0.15) is 0 Å². The fourth-order valence-electron chi connectivity index (χ4n) is 2.76. The number of carbonyl (C=O) groups is 1. The van der Waals surface area contributed by atoms with Gasteiger partial charge in [0.2, 0.25) is 0 Å². The Balaban J connectivity index is 1.72. The lowest BCUT2D eigenvalue weighted by Gasteiger charge is -2.43. The number of piperazine rings is 1. The molecule has 0 aliphatic carbocycles. The van der Waals surface area contributed by atoms with Crippen LogP contribution in [-0.4, -0.2) is 66.2 Å². The quantitative estimate of drug-likeness (QED) is 0.837. The minimum absolute atomic E-state index is 0.0296. The van der Waals surface area contributed by atoms with Gasteiger partial charge in [0.1, 0.15) is 5.75 Å². The summed E-state index contributed by atoms with van der Waals surface area (Å²) in [6, 6.07) is 5.24. The zero-order chi connectivity index (χ0) is 14.1. The van der Waals surface area contributed by atoms with Crippen LogP contribution >= 0.6 is 15.9 Å². The average molecular weight is 341 g/mol. The molecule has 0 saturated carbocycles. The topological polar surface area (TPSA) is 53.0 Å². The fourth-order valence-corrected chi connectivity index (χ4v) is 3.01. The maximum Gasteiger partial charge on any atom is 0.254 e. The van der Waals surface area contributed by atoms with E-state index >= 15 is 0 Å². The normalized spacial score (nSPS) is 23.4. The van der Waals surface area contributed by atoms with Gasteiger partial charge in [0.05, 0.1) is 23.7 Å². The van der Waals surface area contributed by atoms with E-state index in [9.17, 15) is 9.90 Å². The molecule has 1 aromatic rings. The maximum atomic E-state index is 12.5. The van der Waals surface area contributed by atoms with Crippen LogP contribution in [0, 0.1) is 0 Å². The Morgan fingerprint density at radius 2 is 2.20 bits per heavy atom. The van der Waals surface area contributed by atoms with E-state index in [1.54, 1.807) is 12.1 Å². The number of benzene rings is 1. The molecule has 1 unspecified atom stereocenters. The Hall–Kier alpha value is -1.11. The SMILES string of the molecule is O=C(c1ccc(Br)c(O)c1)N1CCN2CCOCC2C1. The highest BCUT2D eigenvalue weighted by Crippen LogP contribution is 2.25. The van der Waals surface area contributed by atoms with E-state index in [1.165, 1.54) is 6.07 Å². The highest BCUT2D eigenvalue weighted by molar-refractivity contribution is 9.10. The van der Waals surface area contributed by atoms with Crippen LogP contribution in [0.25, 0.3) is 0 Å². The second-order valence-electron chi connectivity index (χ2n) is 5.18. The van der Waals surface area contributed by atoms with Crippen molar-refractivity contribution in [1.82, 2.24) is 9.80 Å². The summed E-state index contributed by atoms with van der Waals surface area (Å²) in [5.74, 6) is 0.0634. The molecule has 2 heterocycles. The minimum Gasteiger partial charge on any atom is -0.507 e. The molecule has 0 spiro atoms. The van der Waals surface area contributed by atoms with Crippen molar-refractivity contribution in [2.45, 2.75) is 6.04 Å². The van der Waals surface area contributed by atoms with Crippen LogP contribution in [0.5, 0.6) is 5.75 Å². The molecule has 108 valence electrons. The molecule has 20 heavy (non-hydrogen) atoms. The van der Waals surface area contributed by atoms with Gasteiger partial charge < -0.3 is 14.7 Å². The number of aromatic hydroxyl groups is 1. The molecule has 2 saturated heterocycles. The monoisotopic (exact) mass is 340 g/mol. The summed E-state index contributed by atoms with van der Waals surface area (Å²) in [6.45, 7) is 4.73. The molecular weight excluding hydrogens is 324 g/mol. The molecule has 3 rings (SSSR count). The Labute approximate surface area is 126 Å². The first-order valence-electron chi connectivity index (χ1n) is 6.75. The van der Waals surface area contributed by atoms with Crippen molar-refractivity contribution in [1.29, 1.82) is 0 Å². The number of hydrogen-bond donors (Lipinski definition) is 1. The van der Waals surface area contributed by atoms with E-state index in [0.29, 0.717) is 29.2 Å². The summed E-state index contributed by atoms with van der Waals surface area (Å²) >= 11 is 3.22. The van der Waals surface area contributed by atoms with E-state index in [0.717, 1.165) is 26.2 Å². The lowest BCUT2D eigenvalue weighted by atomic mass is 10.1. The predicted octanol–water partition coefficient (Wildman–Crippen LogP) is 1.31.